The first kappa shape index (κ1) is 23.6. The molecule has 0 unspecified atom stereocenters. The minimum absolute atomic E-state index is 0.0951. The zero-order valence-corrected chi connectivity index (χ0v) is 14.2. The standard InChI is InChI=1S/C11H21N3O5.C3H8O/c1-2-9(15)13-4-6-14(5-3-12)10(16)7-19-8-11(17)18;1-3-4-2/h2-8,12H2,1H3,(H,13,15)(H,17,18);3H2,1-2H3. The molecular formula is C14H29N3O6. The Labute approximate surface area is 137 Å². The van der Waals surface area contributed by atoms with Crippen LogP contribution in [0.4, 0.5) is 0 Å². The number of rotatable bonds is 11. The number of aliphatic carboxylic acids is 1. The van der Waals surface area contributed by atoms with Gasteiger partial charge in [-0.15, -0.1) is 0 Å². The summed E-state index contributed by atoms with van der Waals surface area (Å²) >= 11 is 0. The van der Waals surface area contributed by atoms with Crippen molar-refractivity contribution in [2.45, 2.75) is 20.3 Å². The van der Waals surface area contributed by atoms with Crippen molar-refractivity contribution in [2.75, 3.05) is 53.1 Å². The number of carboxylic acids is 1. The molecule has 0 aromatic carbocycles. The number of amides is 2. The third-order valence-corrected chi connectivity index (χ3v) is 2.52. The summed E-state index contributed by atoms with van der Waals surface area (Å²) in [4.78, 5) is 34.4. The number of ether oxygens (including phenoxy) is 2. The van der Waals surface area contributed by atoms with Crippen LogP contribution in [0.15, 0.2) is 0 Å². The summed E-state index contributed by atoms with van der Waals surface area (Å²) in [6.07, 6.45) is 0.382. The van der Waals surface area contributed by atoms with Gasteiger partial charge in [0, 0.05) is 46.3 Å². The Morgan fingerprint density at radius 2 is 1.78 bits per heavy atom. The first-order valence-corrected chi connectivity index (χ1v) is 7.45. The van der Waals surface area contributed by atoms with E-state index in [1.807, 2.05) is 6.92 Å². The third kappa shape index (κ3) is 16.5. The second-order valence-electron chi connectivity index (χ2n) is 4.34. The van der Waals surface area contributed by atoms with Crippen molar-refractivity contribution in [1.82, 2.24) is 10.2 Å². The Bertz CT molecular complexity index is 336. The van der Waals surface area contributed by atoms with Gasteiger partial charge in [0.1, 0.15) is 13.2 Å². The molecule has 0 rings (SSSR count). The van der Waals surface area contributed by atoms with Crippen LogP contribution in [0.5, 0.6) is 0 Å². The second-order valence-corrected chi connectivity index (χ2v) is 4.34. The average Bonchev–Trinajstić information content (AvgIpc) is 2.53. The Balaban J connectivity index is 0. The van der Waals surface area contributed by atoms with E-state index in [9.17, 15) is 14.4 Å². The molecule has 0 spiro atoms. The van der Waals surface area contributed by atoms with Crippen LogP contribution >= 0.6 is 0 Å². The van der Waals surface area contributed by atoms with E-state index >= 15 is 0 Å². The van der Waals surface area contributed by atoms with E-state index in [2.05, 4.69) is 10.1 Å². The molecule has 23 heavy (non-hydrogen) atoms. The molecule has 0 atom stereocenters. The molecule has 0 radical (unpaired) electrons. The number of nitrogens with zero attached hydrogens (tertiary/aromatic N) is 1. The minimum atomic E-state index is -1.13. The largest absolute Gasteiger partial charge is 0.480 e. The Morgan fingerprint density at radius 3 is 2.22 bits per heavy atom. The van der Waals surface area contributed by atoms with Crippen LogP contribution in [0.25, 0.3) is 0 Å². The van der Waals surface area contributed by atoms with Gasteiger partial charge in [-0.05, 0) is 6.92 Å². The maximum Gasteiger partial charge on any atom is 0.329 e. The summed E-state index contributed by atoms with van der Waals surface area (Å²) in [6.45, 7) is 4.94. The van der Waals surface area contributed by atoms with Crippen molar-refractivity contribution in [3.8, 4) is 0 Å². The molecule has 0 saturated heterocycles. The molecule has 0 aromatic rings. The highest BCUT2D eigenvalue weighted by molar-refractivity contribution is 5.78. The van der Waals surface area contributed by atoms with Crippen LogP contribution in [0.2, 0.25) is 0 Å². The molecule has 0 bridgehead atoms. The first-order valence-electron chi connectivity index (χ1n) is 7.45. The summed E-state index contributed by atoms with van der Waals surface area (Å²) < 4.78 is 9.26. The topological polar surface area (TPSA) is 131 Å². The fourth-order valence-corrected chi connectivity index (χ4v) is 1.29. The molecule has 0 aromatic heterocycles. The summed E-state index contributed by atoms with van der Waals surface area (Å²) in [6, 6.07) is 0. The van der Waals surface area contributed by atoms with Crippen molar-refractivity contribution in [3.63, 3.8) is 0 Å². The SMILES string of the molecule is CCC(=O)NCCN(CCN)C(=O)COCC(=O)O.CCOC. The van der Waals surface area contributed by atoms with E-state index in [0.717, 1.165) is 6.61 Å². The molecule has 2 amide bonds. The van der Waals surface area contributed by atoms with Gasteiger partial charge in [0.25, 0.3) is 0 Å². The van der Waals surface area contributed by atoms with Crippen molar-refractivity contribution in [2.24, 2.45) is 5.73 Å². The van der Waals surface area contributed by atoms with Crippen LogP contribution in [0.1, 0.15) is 20.3 Å². The minimum Gasteiger partial charge on any atom is -0.480 e. The molecule has 0 aliphatic rings. The van der Waals surface area contributed by atoms with E-state index in [-0.39, 0.29) is 25.0 Å². The molecular weight excluding hydrogens is 306 g/mol. The van der Waals surface area contributed by atoms with Crippen LogP contribution in [0, 0.1) is 0 Å². The maximum absolute atomic E-state index is 11.7. The van der Waals surface area contributed by atoms with E-state index in [0.29, 0.717) is 26.1 Å². The summed E-state index contributed by atoms with van der Waals surface area (Å²) in [5.41, 5.74) is 5.39. The molecule has 0 fully saturated rings. The smallest absolute Gasteiger partial charge is 0.329 e. The van der Waals surface area contributed by atoms with Crippen molar-refractivity contribution >= 4 is 17.8 Å². The van der Waals surface area contributed by atoms with Crippen molar-refractivity contribution < 1.29 is 29.0 Å². The Hall–Kier alpha value is -1.71. The van der Waals surface area contributed by atoms with Gasteiger partial charge >= 0.3 is 5.97 Å². The lowest BCUT2D eigenvalue weighted by Crippen LogP contribution is -2.42. The van der Waals surface area contributed by atoms with Crippen LogP contribution in [-0.4, -0.2) is 80.9 Å². The molecule has 0 saturated carbocycles. The fraction of sp³-hybridized carbons (Fsp3) is 0.786. The Morgan fingerprint density at radius 1 is 1.17 bits per heavy atom. The van der Waals surface area contributed by atoms with Gasteiger partial charge in [0.15, 0.2) is 0 Å². The van der Waals surface area contributed by atoms with E-state index < -0.39 is 12.6 Å². The number of nitrogens with two attached hydrogens (primary N) is 1. The highest BCUT2D eigenvalue weighted by Gasteiger charge is 2.13. The van der Waals surface area contributed by atoms with Gasteiger partial charge in [-0.2, -0.15) is 0 Å². The van der Waals surface area contributed by atoms with Gasteiger partial charge in [0.2, 0.25) is 11.8 Å². The third-order valence-electron chi connectivity index (χ3n) is 2.52. The predicted molar refractivity (Wildman–Crippen MR) is 84.9 cm³/mol. The number of hydrogen-bond donors (Lipinski definition) is 3. The van der Waals surface area contributed by atoms with Gasteiger partial charge in [-0.1, -0.05) is 6.92 Å². The van der Waals surface area contributed by atoms with Crippen LogP contribution in [-0.2, 0) is 23.9 Å². The number of methoxy groups -OCH3 is 1. The van der Waals surface area contributed by atoms with Gasteiger partial charge in [-0.3, -0.25) is 9.59 Å². The monoisotopic (exact) mass is 335 g/mol. The van der Waals surface area contributed by atoms with Gasteiger partial charge in [0.05, 0.1) is 0 Å². The van der Waals surface area contributed by atoms with E-state index in [4.69, 9.17) is 15.6 Å². The number of carbonyl (C=O) groups excluding carboxylic acids is 2. The molecule has 9 nitrogen and oxygen atoms in total. The van der Waals surface area contributed by atoms with Gasteiger partial charge in [-0.25, -0.2) is 4.79 Å². The van der Waals surface area contributed by atoms with Crippen molar-refractivity contribution in [1.29, 1.82) is 0 Å². The van der Waals surface area contributed by atoms with E-state index in [1.54, 1.807) is 14.0 Å². The maximum atomic E-state index is 11.7. The van der Waals surface area contributed by atoms with Crippen LogP contribution in [0.3, 0.4) is 0 Å². The van der Waals surface area contributed by atoms with Crippen molar-refractivity contribution in [3.05, 3.63) is 0 Å². The molecule has 0 heterocycles. The zero-order chi connectivity index (χ0) is 18.1. The fourth-order valence-electron chi connectivity index (χ4n) is 1.29. The molecule has 136 valence electrons. The van der Waals surface area contributed by atoms with Gasteiger partial charge < -0.3 is 30.5 Å². The zero-order valence-electron chi connectivity index (χ0n) is 14.2. The summed E-state index contributed by atoms with van der Waals surface area (Å²) in [5.74, 6) is -1.58. The molecule has 9 heteroatoms. The summed E-state index contributed by atoms with van der Waals surface area (Å²) in [7, 11) is 1.68. The lowest BCUT2D eigenvalue weighted by atomic mass is 10.4. The van der Waals surface area contributed by atoms with E-state index in [1.165, 1.54) is 4.90 Å². The summed E-state index contributed by atoms with van der Waals surface area (Å²) in [5, 5.41) is 11.0. The lowest BCUT2D eigenvalue weighted by Gasteiger charge is -2.22. The van der Waals surface area contributed by atoms with Crippen LogP contribution < -0.4 is 11.1 Å². The normalized spacial score (nSPS) is 9.57. The number of carbonyl (C=O) groups is 3. The molecule has 0 aliphatic heterocycles. The predicted octanol–water partition coefficient (Wildman–Crippen LogP) is -0.946. The number of carboxylic acid groups (broad SMARTS) is 1. The highest BCUT2D eigenvalue weighted by atomic mass is 16.5. The highest BCUT2D eigenvalue weighted by Crippen LogP contribution is 1.90. The average molecular weight is 335 g/mol. The molecule has 0 aliphatic carbocycles. The quantitative estimate of drug-likeness (QED) is 0.444. The molecule has 4 N–H and O–H groups in total. The first-order chi connectivity index (χ1) is 10.9. The lowest BCUT2D eigenvalue weighted by molar-refractivity contribution is -0.146. The Kier molecular flexibility index (Phi) is 17.1. The number of nitrogens with one attached hydrogen (secondary N) is 1. The second kappa shape index (κ2) is 16.7. The number of hydrogen-bond acceptors (Lipinski definition) is 6.